The van der Waals surface area contributed by atoms with Gasteiger partial charge in [0.25, 0.3) is 0 Å². The molecule has 8 rings (SSSR count). The van der Waals surface area contributed by atoms with E-state index in [2.05, 4.69) is 17.4 Å². The van der Waals surface area contributed by atoms with Gasteiger partial charge in [0, 0.05) is 59.6 Å². The van der Waals surface area contributed by atoms with Crippen LogP contribution >= 0.6 is 0 Å². The molecular formula is C49H48F2N4O6S. The van der Waals surface area contributed by atoms with Crippen LogP contribution in [0.25, 0.3) is 44.8 Å². The van der Waals surface area contributed by atoms with E-state index in [-0.39, 0.29) is 36.3 Å². The Morgan fingerprint density at radius 1 is 0.629 bits per heavy atom. The van der Waals surface area contributed by atoms with Crippen molar-refractivity contribution >= 4 is 22.0 Å². The molecule has 4 heterocycles. The Labute approximate surface area is 361 Å². The van der Waals surface area contributed by atoms with E-state index in [1.165, 1.54) is 42.8 Å². The summed E-state index contributed by atoms with van der Waals surface area (Å²) in [6, 6.07) is 27.7. The predicted octanol–water partition coefficient (Wildman–Crippen LogP) is 9.81. The maximum Gasteiger partial charge on any atom is 0.340 e. The zero-order valence-corrected chi connectivity index (χ0v) is 36.5. The number of nitrogens with zero attached hydrogens (tertiary/aromatic N) is 3. The number of halogens is 2. The lowest BCUT2D eigenvalue weighted by atomic mass is 9.87. The van der Waals surface area contributed by atoms with E-state index in [0.29, 0.717) is 52.4 Å². The number of rotatable bonds is 7. The summed E-state index contributed by atoms with van der Waals surface area (Å²) in [7, 11) is -0.905. The fourth-order valence-corrected chi connectivity index (χ4v) is 8.89. The second-order valence-electron chi connectivity index (χ2n) is 15.9. The van der Waals surface area contributed by atoms with Crippen molar-refractivity contribution in [3.8, 4) is 44.8 Å². The molecule has 0 atom stereocenters. The highest BCUT2D eigenvalue weighted by Crippen LogP contribution is 2.43. The van der Waals surface area contributed by atoms with Gasteiger partial charge in [0.15, 0.2) is 0 Å². The average Bonchev–Trinajstić information content (AvgIpc) is 3.55. The van der Waals surface area contributed by atoms with E-state index in [1.807, 2.05) is 64.1 Å². The molecule has 2 aromatic heterocycles. The smallest absolute Gasteiger partial charge is 0.340 e. The van der Waals surface area contributed by atoms with Crippen molar-refractivity contribution in [3.63, 3.8) is 0 Å². The molecule has 320 valence electrons. The Morgan fingerprint density at radius 3 is 1.53 bits per heavy atom. The predicted molar refractivity (Wildman–Crippen MR) is 236 cm³/mol. The third kappa shape index (κ3) is 8.65. The van der Waals surface area contributed by atoms with Gasteiger partial charge in [-0.1, -0.05) is 100 Å². The number of aromatic nitrogens is 2. The highest BCUT2D eigenvalue weighted by atomic mass is 32.2. The van der Waals surface area contributed by atoms with Gasteiger partial charge in [0.1, 0.15) is 11.6 Å². The molecule has 13 heteroatoms. The Hall–Kier alpha value is -6.15. The first-order valence-electron chi connectivity index (χ1n) is 20.3. The third-order valence-corrected chi connectivity index (χ3v) is 12.3. The number of sulfonamides is 1. The molecule has 10 nitrogen and oxygen atoms in total. The molecule has 0 saturated heterocycles. The molecule has 2 aliphatic heterocycles. The fraction of sp³-hybridized carbons (Fsp3) is 0.265. The van der Waals surface area contributed by atoms with Crippen LogP contribution in [-0.4, -0.2) is 55.1 Å². The van der Waals surface area contributed by atoms with Crippen molar-refractivity contribution in [1.29, 1.82) is 0 Å². The van der Waals surface area contributed by atoms with E-state index in [1.54, 1.807) is 24.3 Å². The first-order chi connectivity index (χ1) is 29.6. The van der Waals surface area contributed by atoms with Crippen LogP contribution in [0.3, 0.4) is 0 Å². The van der Waals surface area contributed by atoms with Gasteiger partial charge in [0.05, 0.1) is 54.4 Å². The minimum atomic E-state index is -3.58. The number of nitrogens with one attached hydrogen (secondary N) is 1. The number of hydrogen-bond donors (Lipinski definition) is 1. The minimum absolute atomic E-state index is 0.0111. The van der Waals surface area contributed by atoms with Gasteiger partial charge in [-0.3, -0.25) is 9.97 Å². The van der Waals surface area contributed by atoms with Crippen molar-refractivity contribution < 1.29 is 36.3 Å². The molecule has 6 aromatic rings. The summed E-state index contributed by atoms with van der Waals surface area (Å²) in [5.74, 6) is -1.84. The maximum atomic E-state index is 13.8. The van der Waals surface area contributed by atoms with Crippen LogP contribution < -0.4 is 5.32 Å². The molecule has 0 spiro atoms. The second kappa shape index (κ2) is 18.1. The van der Waals surface area contributed by atoms with E-state index in [9.17, 15) is 26.8 Å². The molecule has 4 aromatic carbocycles. The summed E-state index contributed by atoms with van der Waals surface area (Å²) in [6.45, 7) is 9.34. The van der Waals surface area contributed by atoms with E-state index in [0.717, 1.165) is 50.9 Å². The number of pyridine rings is 2. The topological polar surface area (TPSA) is 128 Å². The molecule has 0 aliphatic carbocycles. The molecule has 1 N–H and O–H groups in total. The Kier molecular flexibility index (Phi) is 12.8. The quantitative estimate of drug-likeness (QED) is 0.156. The number of carbonyl (C=O) groups excluding carboxylic acids is 2. The van der Waals surface area contributed by atoms with Gasteiger partial charge < -0.3 is 14.8 Å². The van der Waals surface area contributed by atoms with Crippen molar-refractivity contribution in [3.05, 3.63) is 153 Å². The molecule has 0 fully saturated rings. The molecule has 62 heavy (non-hydrogen) atoms. The number of methoxy groups -OCH3 is 2. The summed E-state index contributed by atoms with van der Waals surface area (Å²) < 4.78 is 64.3. The summed E-state index contributed by atoms with van der Waals surface area (Å²) in [6.07, 6.45) is 1.16. The van der Waals surface area contributed by atoms with E-state index < -0.39 is 27.8 Å². The van der Waals surface area contributed by atoms with Gasteiger partial charge >= 0.3 is 11.9 Å². The zero-order valence-electron chi connectivity index (χ0n) is 35.7. The van der Waals surface area contributed by atoms with E-state index >= 15 is 0 Å². The molecule has 0 radical (unpaired) electrons. The summed E-state index contributed by atoms with van der Waals surface area (Å²) in [4.78, 5) is 35.8. The number of fused-ring (bicyclic) bond motifs is 6. The van der Waals surface area contributed by atoms with Crippen LogP contribution in [-0.2, 0) is 45.7 Å². The van der Waals surface area contributed by atoms with Crippen LogP contribution in [0.2, 0.25) is 0 Å². The molecule has 0 unspecified atom stereocenters. The molecule has 0 saturated carbocycles. The molecular weight excluding hydrogens is 811 g/mol. The molecule has 0 bridgehead atoms. The number of benzene rings is 4. The number of hydrogen-bond acceptors (Lipinski definition) is 9. The van der Waals surface area contributed by atoms with Gasteiger partial charge in [-0.05, 0) is 58.4 Å². The maximum absolute atomic E-state index is 13.8. The lowest BCUT2D eigenvalue weighted by Gasteiger charge is -2.23. The van der Waals surface area contributed by atoms with Crippen LogP contribution in [0.4, 0.5) is 8.78 Å². The lowest BCUT2D eigenvalue weighted by Crippen LogP contribution is -2.29. The summed E-state index contributed by atoms with van der Waals surface area (Å²) in [5, 5.41) is 3.45. The second-order valence-corrected chi connectivity index (χ2v) is 17.9. The standard InChI is InChI=1S/C25H25FN2O4S.C24H23FN2O2/c1-15(2)23-22(25(29)32-3)21(16-9-11-18(26)12-10-16)20-14-28(33(4,30)31)13-17-7-5-6-8-19(17)24(20)27-23;1-14(2)22-21(24(28)29-3)20(15-8-10-17(25)11-9-15)19-13-26-12-16-6-4-5-7-18(16)23(19)27-22/h5-12,15H,13-14H2,1-4H3;4-11,14,26H,12-13H2,1-3H3. The van der Waals surface area contributed by atoms with Crippen LogP contribution in [0.5, 0.6) is 0 Å². The van der Waals surface area contributed by atoms with Gasteiger partial charge in [0.2, 0.25) is 10.0 Å². The van der Waals surface area contributed by atoms with Crippen molar-refractivity contribution in [2.24, 2.45) is 0 Å². The monoisotopic (exact) mass is 858 g/mol. The Balaban J connectivity index is 0.000000188. The SMILES string of the molecule is COC(=O)c1c(C(C)C)nc2c(c1-c1ccc(F)cc1)CN(S(C)(=O)=O)Cc1ccccc1-2.COC(=O)c1c(C(C)C)nc2c(c1-c1ccc(F)cc1)CNCc1ccccc1-2. The van der Waals surface area contributed by atoms with Gasteiger partial charge in [-0.25, -0.2) is 26.8 Å². The normalized spacial score (nSPS) is 13.4. The van der Waals surface area contributed by atoms with Gasteiger partial charge in [-0.15, -0.1) is 0 Å². The average molecular weight is 859 g/mol. The number of carbonyl (C=O) groups is 2. The highest BCUT2D eigenvalue weighted by Gasteiger charge is 2.34. The third-order valence-electron chi connectivity index (χ3n) is 11.1. The highest BCUT2D eigenvalue weighted by molar-refractivity contribution is 7.88. The Bertz CT molecular complexity index is 2790. The lowest BCUT2D eigenvalue weighted by molar-refractivity contribution is 0.0590. The molecule has 0 amide bonds. The largest absolute Gasteiger partial charge is 0.465 e. The number of ether oxygens (including phenoxy) is 2. The first-order valence-corrected chi connectivity index (χ1v) is 22.1. The van der Waals surface area contributed by atoms with Crippen molar-refractivity contribution in [1.82, 2.24) is 19.6 Å². The van der Waals surface area contributed by atoms with Crippen molar-refractivity contribution in [2.45, 2.75) is 65.7 Å². The summed E-state index contributed by atoms with van der Waals surface area (Å²) >= 11 is 0. The van der Waals surface area contributed by atoms with Crippen molar-refractivity contribution in [2.75, 3.05) is 20.5 Å². The van der Waals surface area contributed by atoms with Crippen LogP contribution in [0.1, 0.15) is 93.9 Å². The van der Waals surface area contributed by atoms with Crippen LogP contribution in [0.15, 0.2) is 97.1 Å². The first kappa shape index (κ1) is 43.9. The number of esters is 2. The zero-order chi connectivity index (χ0) is 44.5. The van der Waals surface area contributed by atoms with Crippen LogP contribution in [0, 0.1) is 11.6 Å². The minimum Gasteiger partial charge on any atom is -0.465 e. The Morgan fingerprint density at radius 2 is 1.06 bits per heavy atom. The van der Waals surface area contributed by atoms with E-state index in [4.69, 9.17) is 19.4 Å². The van der Waals surface area contributed by atoms with Gasteiger partial charge in [-0.2, -0.15) is 4.31 Å². The molecule has 2 aliphatic rings. The fourth-order valence-electron chi connectivity index (χ4n) is 8.15. The summed E-state index contributed by atoms with van der Waals surface area (Å²) in [5.41, 5.74) is 11.4.